The third-order valence-electron chi connectivity index (χ3n) is 7.03. The van der Waals surface area contributed by atoms with Crippen LogP contribution in [0.2, 0.25) is 0 Å². The number of carbonyl (C=O) groups excluding carboxylic acids is 2. The number of hydrogen-bond donors (Lipinski definition) is 0. The van der Waals surface area contributed by atoms with Crippen LogP contribution in [0.25, 0.3) is 0 Å². The molecule has 0 saturated carbocycles. The molecule has 2 saturated heterocycles. The summed E-state index contributed by atoms with van der Waals surface area (Å²) in [5.74, 6) is 1.04. The molecule has 6 heteroatoms. The Labute approximate surface area is 188 Å². The zero-order valence-electron chi connectivity index (χ0n) is 18.4. The molecule has 3 aliphatic rings. The first kappa shape index (κ1) is 20.6. The van der Waals surface area contributed by atoms with Gasteiger partial charge in [0.05, 0.1) is 18.1 Å². The molecule has 0 aromatic heterocycles. The molecular formula is C25H29N3O2S. The lowest BCUT2D eigenvalue weighted by molar-refractivity contribution is -0.124. The lowest BCUT2D eigenvalue weighted by atomic mass is 10.00. The summed E-state index contributed by atoms with van der Waals surface area (Å²) in [6, 6.07) is 14.0. The molecule has 1 atom stereocenters. The second kappa shape index (κ2) is 7.68. The Morgan fingerprint density at radius 2 is 1.77 bits per heavy atom. The Balaban J connectivity index is 1.57. The van der Waals surface area contributed by atoms with Crippen LogP contribution >= 0.6 is 11.8 Å². The fourth-order valence-corrected chi connectivity index (χ4v) is 6.32. The molecule has 3 aliphatic heterocycles. The summed E-state index contributed by atoms with van der Waals surface area (Å²) >= 11 is 1.46. The van der Waals surface area contributed by atoms with Gasteiger partial charge in [-0.2, -0.15) is 0 Å². The zero-order chi connectivity index (χ0) is 21.8. The summed E-state index contributed by atoms with van der Waals surface area (Å²) in [4.78, 5) is 32.3. The van der Waals surface area contributed by atoms with Gasteiger partial charge in [-0.15, -0.1) is 11.8 Å². The number of rotatable bonds is 3. The molecule has 0 N–H and O–H groups in total. The van der Waals surface area contributed by atoms with Gasteiger partial charge in [0.2, 0.25) is 10.8 Å². The molecule has 1 spiro atoms. The number of aryl methyl sites for hydroxylation is 2. The van der Waals surface area contributed by atoms with Crippen molar-refractivity contribution in [1.29, 1.82) is 0 Å². The van der Waals surface area contributed by atoms with Gasteiger partial charge >= 0.3 is 0 Å². The highest BCUT2D eigenvalue weighted by atomic mass is 32.2. The van der Waals surface area contributed by atoms with Crippen LogP contribution in [0.5, 0.6) is 0 Å². The van der Waals surface area contributed by atoms with Gasteiger partial charge in [-0.25, -0.2) is 0 Å². The number of carbonyl (C=O) groups is 2. The average Bonchev–Trinajstić information content (AvgIpc) is 3.23. The summed E-state index contributed by atoms with van der Waals surface area (Å²) in [5.41, 5.74) is 4.96. The fraction of sp³-hybridized carbons (Fsp3) is 0.440. The van der Waals surface area contributed by atoms with Crippen molar-refractivity contribution < 1.29 is 9.59 Å². The number of hydrogen-bond acceptors (Lipinski definition) is 4. The quantitative estimate of drug-likeness (QED) is 0.722. The van der Waals surface area contributed by atoms with Crippen LogP contribution in [0.3, 0.4) is 0 Å². The number of anilines is 2. The predicted molar refractivity (Wildman–Crippen MR) is 126 cm³/mol. The number of piperidine rings is 1. The average molecular weight is 436 g/mol. The molecule has 5 nitrogen and oxygen atoms in total. The van der Waals surface area contributed by atoms with E-state index in [9.17, 15) is 9.59 Å². The van der Waals surface area contributed by atoms with E-state index < -0.39 is 4.87 Å². The molecule has 5 rings (SSSR count). The third kappa shape index (κ3) is 3.19. The molecule has 2 fully saturated rings. The summed E-state index contributed by atoms with van der Waals surface area (Å²) < 4.78 is 0. The Kier molecular flexibility index (Phi) is 5.10. The van der Waals surface area contributed by atoms with Crippen LogP contribution in [0.15, 0.2) is 42.5 Å². The third-order valence-corrected chi connectivity index (χ3v) is 8.42. The van der Waals surface area contributed by atoms with Crippen molar-refractivity contribution in [3.8, 4) is 0 Å². The number of amides is 2. The molecular weight excluding hydrogens is 406 g/mol. The van der Waals surface area contributed by atoms with Crippen LogP contribution in [0.1, 0.15) is 36.5 Å². The van der Waals surface area contributed by atoms with E-state index in [0.717, 1.165) is 54.4 Å². The van der Waals surface area contributed by atoms with E-state index in [1.54, 1.807) is 4.90 Å². The van der Waals surface area contributed by atoms with E-state index in [1.165, 1.54) is 17.3 Å². The van der Waals surface area contributed by atoms with E-state index in [4.69, 9.17) is 0 Å². The van der Waals surface area contributed by atoms with Crippen molar-refractivity contribution in [3.05, 3.63) is 59.2 Å². The Hall–Kier alpha value is -2.31. The van der Waals surface area contributed by atoms with E-state index in [-0.39, 0.29) is 11.8 Å². The summed E-state index contributed by atoms with van der Waals surface area (Å²) in [6.07, 6.45) is 2.33. The van der Waals surface area contributed by atoms with Gasteiger partial charge < -0.3 is 0 Å². The molecule has 3 heterocycles. The first-order valence-corrected chi connectivity index (χ1v) is 12.1. The summed E-state index contributed by atoms with van der Waals surface area (Å²) in [6.45, 7) is 9.00. The number of para-hydroxylation sites is 1. The number of nitrogens with zero attached hydrogens (tertiary/aromatic N) is 3. The Bertz CT molecular complexity index is 1050. The monoisotopic (exact) mass is 435 g/mol. The first-order chi connectivity index (χ1) is 14.9. The zero-order valence-corrected chi connectivity index (χ0v) is 19.2. The van der Waals surface area contributed by atoms with Gasteiger partial charge in [0.25, 0.3) is 5.91 Å². The standard InChI is InChI=1S/C25H29N3O2S/c1-17-10-12-26(13-11-17)16-27-22-7-5-4-6-21(22)25(24(27)30)28(23(29)15-31-25)20-9-8-18(2)19(3)14-20/h4-9,14,17H,10-13,15-16H2,1-3H3/t25-/m1/s1. The second-order valence-corrected chi connectivity index (χ2v) is 10.3. The molecule has 0 radical (unpaired) electrons. The highest BCUT2D eigenvalue weighted by Crippen LogP contribution is 2.55. The topological polar surface area (TPSA) is 43.9 Å². The van der Waals surface area contributed by atoms with Gasteiger partial charge in [-0.1, -0.05) is 31.2 Å². The number of likely N-dealkylation sites (tertiary alicyclic amines) is 1. The molecule has 0 bridgehead atoms. The maximum absolute atomic E-state index is 14.1. The van der Waals surface area contributed by atoms with E-state index >= 15 is 0 Å². The van der Waals surface area contributed by atoms with Gasteiger partial charge in [-0.05, 0) is 61.9 Å². The van der Waals surface area contributed by atoms with Crippen LogP contribution < -0.4 is 9.80 Å². The molecule has 31 heavy (non-hydrogen) atoms. The minimum atomic E-state index is -1.02. The van der Waals surface area contributed by atoms with Crippen molar-refractivity contribution >= 4 is 35.0 Å². The van der Waals surface area contributed by atoms with E-state index in [1.807, 2.05) is 54.3 Å². The van der Waals surface area contributed by atoms with Crippen LogP contribution in [-0.4, -0.2) is 42.2 Å². The van der Waals surface area contributed by atoms with Gasteiger partial charge in [-0.3, -0.25) is 24.3 Å². The minimum absolute atomic E-state index is 0.00130. The Morgan fingerprint density at radius 3 is 2.52 bits per heavy atom. The predicted octanol–water partition coefficient (Wildman–Crippen LogP) is 4.27. The van der Waals surface area contributed by atoms with Gasteiger partial charge in [0.1, 0.15) is 0 Å². The fourth-order valence-electron chi connectivity index (χ4n) is 4.96. The van der Waals surface area contributed by atoms with E-state index in [2.05, 4.69) is 18.7 Å². The van der Waals surface area contributed by atoms with E-state index in [0.29, 0.717) is 12.4 Å². The second-order valence-electron chi connectivity index (χ2n) is 9.12. The van der Waals surface area contributed by atoms with Crippen molar-refractivity contribution in [1.82, 2.24) is 4.90 Å². The van der Waals surface area contributed by atoms with Crippen molar-refractivity contribution in [3.63, 3.8) is 0 Å². The maximum atomic E-state index is 14.1. The highest BCUT2D eigenvalue weighted by molar-refractivity contribution is 8.02. The molecule has 2 aromatic carbocycles. The van der Waals surface area contributed by atoms with Crippen LogP contribution in [0.4, 0.5) is 11.4 Å². The van der Waals surface area contributed by atoms with Gasteiger partial charge in [0, 0.05) is 24.3 Å². The smallest absolute Gasteiger partial charge is 0.269 e. The van der Waals surface area contributed by atoms with Crippen molar-refractivity contribution in [2.45, 2.75) is 38.5 Å². The van der Waals surface area contributed by atoms with Gasteiger partial charge in [0.15, 0.2) is 0 Å². The van der Waals surface area contributed by atoms with Crippen LogP contribution in [0, 0.1) is 19.8 Å². The lowest BCUT2D eigenvalue weighted by Crippen LogP contribution is -2.52. The SMILES string of the molecule is Cc1ccc(N2C(=O)CS[C@]23C(=O)N(CN2CCC(C)CC2)c2ccccc23)cc1C. The molecule has 162 valence electrons. The Morgan fingerprint density at radius 1 is 1.03 bits per heavy atom. The van der Waals surface area contributed by atoms with Crippen molar-refractivity contribution in [2.24, 2.45) is 5.92 Å². The molecule has 2 aromatic rings. The summed E-state index contributed by atoms with van der Waals surface area (Å²) in [7, 11) is 0. The number of benzene rings is 2. The molecule has 0 unspecified atom stereocenters. The normalized spacial score (nSPS) is 24.5. The number of fused-ring (bicyclic) bond motifs is 2. The number of thioether (sulfide) groups is 1. The lowest BCUT2D eigenvalue weighted by Gasteiger charge is -2.36. The minimum Gasteiger partial charge on any atom is -0.295 e. The summed E-state index contributed by atoms with van der Waals surface area (Å²) in [5, 5.41) is 0. The molecule has 0 aliphatic carbocycles. The first-order valence-electron chi connectivity index (χ1n) is 11.1. The largest absolute Gasteiger partial charge is 0.295 e. The maximum Gasteiger partial charge on any atom is 0.269 e. The van der Waals surface area contributed by atoms with Crippen molar-refractivity contribution in [2.75, 3.05) is 35.3 Å². The highest BCUT2D eigenvalue weighted by Gasteiger charge is 2.61. The molecule has 2 amide bonds. The van der Waals surface area contributed by atoms with Crippen LogP contribution in [-0.2, 0) is 14.5 Å².